The Labute approximate surface area is 180 Å². The van der Waals surface area contributed by atoms with Gasteiger partial charge in [0.1, 0.15) is 5.25 Å². The van der Waals surface area contributed by atoms with Crippen molar-refractivity contribution >= 4 is 41.0 Å². The van der Waals surface area contributed by atoms with E-state index < -0.39 is 35.0 Å². The summed E-state index contributed by atoms with van der Waals surface area (Å²) in [6.45, 7) is 3.69. The molecule has 0 saturated carbocycles. The van der Waals surface area contributed by atoms with E-state index in [9.17, 15) is 19.2 Å². The van der Waals surface area contributed by atoms with Crippen LogP contribution in [-0.4, -0.2) is 48.5 Å². The molecule has 0 saturated heterocycles. The van der Waals surface area contributed by atoms with Gasteiger partial charge in [0, 0.05) is 10.8 Å². The van der Waals surface area contributed by atoms with Crippen molar-refractivity contribution in [1.29, 1.82) is 0 Å². The zero-order chi connectivity index (χ0) is 21.8. The van der Waals surface area contributed by atoms with Gasteiger partial charge in [-0.2, -0.15) is 0 Å². The molecule has 2 heterocycles. The predicted molar refractivity (Wildman–Crippen MR) is 111 cm³/mol. The number of fused-ring (bicyclic) bond motifs is 1. The Balaban J connectivity index is 2.13. The van der Waals surface area contributed by atoms with Crippen LogP contribution in [-0.2, 0) is 23.8 Å². The second-order valence-electron chi connectivity index (χ2n) is 6.37. The van der Waals surface area contributed by atoms with Crippen LogP contribution in [0.2, 0.25) is 0 Å². The second kappa shape index (κ2) is 9.48. The summed E-state index contributed by atoms with van der Waals surface area (Å²) >= 11 is 2.09. The quantitative estimate of drug-likeness (QED) is 0.527. The van der Waals surface area contributed by atoms with E-state index in [2.05, 4.69) is 4.98 Å². The molecule has 3 rings (SSSR count). The van der Waals surface area contributed by atoms with Gasteiger partial charge in [-0.15, -0.1) is 0 Å². The normalized spacial score (nSPS) is 20.2. The average Bonchev–Trinajstić information content (AvgIpc) is 3.12. The topological polar surface area (TPSA) is 112 Å². The summed E-state index contributed by atoms with van der Waals surface area (Å²) in [7, 11) is 1.29. The van der Waals surface area contributed by atoms with E-state index in [1.807, 2.05) is 0 Å². The van der Waals surface area contributed by atoms with Gasteiger partial charge in [-0.3, -0.25) is 14.4 Å². The van der Waals surface area contributed by atoms with Gasteiger partial charge in [0.2, 0.25) is 0 Å². The van der Waals surface area contributed by atoms with Crippen LogP contribution < -0.4 is 4.87 Å². The first-order valence-electron chi connectivity index (χ1n) is 9.32. The van der Waals surface area contributed by atoms with Crippen molar-refractivity contribution < 1.29 is 28.6 Å². The highest BCUT2D eigenvalue weighted by molar-refractivity contribution is 8.00. The number of hydrogen-bond donors (Lipinski definition) is 1. The number of ether oxygens (including phenoxy) is 3. The van der Waals surface area contributed by atoms with Gasteiger partial charge in [-0.25, -0.2) is 4.79 Å². The van der Waals surface area contributed by atoms with Crippen molar-refractivity contribution in [1.82, 2.24) is 4.98 Å². The number of methoxy groups -OCH3 is 1. The Bertz CT molecular complexity index is 995. The molecule has 10 heteroatoms. The molecular weight excluding hydrogens is 430 g/mol. The van der Waals surface area contributed by atoms with E-state index in [4.69, 9.17) is 14.2 Å². The van der Waals surface area contributed by atoms with Crippen molar-refractivity contribution in [2.24, 2.45) is 5.92 Å². The summed E-state index contributed by atoms with van der Waals surface area (Å²) in [4.78, 5) is 52.6. The summed E-state index contributed by atoms with van der Waals surface area (Å²) in [5, 5.41) is -0.349. The molecule has 0 radical (unpaired) electrons. The number of carbonyl (C=O) groups is 3. The molecule has 2 aromatic rings. The Morgan fingerprint density at radius 3 is 2.27 bits per heavy atom. The van der Waals surface area contributed by atoms with Gasteiger partial charge < -0.3 is 19.2 Å². The van der Waals surface area contributed by atoms with Crippen molar-refractivity contribution in [2.45, 2.75) is 30.0 Å². The van der Waals surface area contributed by atoms with Crippen LogP contribution in [0.5, 0.6) is 0 Å². The maximum absolute atomic E-state index is 12.9. The highest BCUT2D eigenvalue weighted by atomic mass is 32.2. The number of carbonyl (C=O) groups excluding carboxylic acids is 3. The molecule has 0 amide bonds. The standard InChI is InChI=1S/C20H21NO7S2/c1-4-27-18(23)13-12(10-6-8-11(9-7-10)17(22)26-3)14-16(21-20(25)30-14)29-15(13)19(24)28-5-2/h6-9,12-13,15H,4-5H2,1-3H3,(H,21,25)/t12-,13+,15+/m1/s1. The lowest BCUT2D eigenvalue weighted by molar-refractivity contribution is -0.154. The maximum atomic E-state index is 12.9. The minimum atomic E-state index is -0.892. The molecule has 8 nitrogen and oxygen atoms in total. The number of thiazole rings is 1. The fourth-order valence-corrected chi connectivity index (χ4v) is 5.84. The van der Waals surface area contributed by atoms with Gasteiger partial charge in [-0.1, -0.05) is 35.2 Å². The summed E-state index contributed by atoms with van der Waals surface area (Å²) in [5.41, 5.74) is 1.02. The average molecular weight is 452 g/mol. The molecule has 160 valence electrons. The molecule has 1 aromatic heterocycles. The lowest BCUT2D eigenvalue weighted by atomic mass is 9.82. The highest BCUT2D eigenvalue weighted by Crippen LogP contribution is 2.49. The van der Waals surface area contributed by atoms with Gasteiger partial charge >= 0.3 is 22.8 Å². The molecule has 30 heavy (non-hydrogen) atoms. The number of hydrogen-bond acceptors (Lipinski definition) is 9. The van der Waals surface area contributed by atoms with Crippen molar-refractivity contribution in [3.8, 4) is 0 Å². The zero-order valence-electron chi connectivity index (χ0n) is 16.6. The highest BCUT2D eigenvalue weighted by Gasteiger charge is 2.49. The number of aromatic amines is 1. The lowest BCUT2D eigenvalue weighted by Crippen LogP contribution is -2.41. The van der Waals surface area contributed by atoms with Crippen LogP contribution in [0.3, 0.4) is 0 Å². The third kappa shape index (κ3) is 4.29. The van der Waals surface area contributed by atoms with Crippen LogP contribution in [0.25, 0.3) is 0 Å². The number of thioether (sulfide) groups is 1. The van der Waals surface area contributed by atoms with E-state index in [0.717, 1.165) is 23.1 Å². The summed E-state index contributed by atoms with van der Waals surface area (Å²) in [6, 6.07) is 6.55. The largest absolute Gasteiger partial charge is 0.466 e. The molecule has 0 spiro atoms. The molecule has 0 fully saturated rings. The predicted octanol–water partition coefficient (Wildman–Crippen LogP) is 2.57. The molecule has 0 aliphatic carbocycles. The zero-order valence-corrected chi connectivity index (χ0v) is 18.3. The number of esters is 3. The van der Waals surface area contributed by atoms with Crippen molar-refractivity contribution in [3.63, 3.8) is 0 Å². The Hall–Kier alpha value is -2.59. The molecule has 0 unspecified atom stereocenters. The maximum Gasteiger partial charge on any atom is 0.337 e. The van der Waals surface area contributed by atoms with Crippen LogP contribution in [0.15, 0.2) is 34.1 Å². The van der Waals surface area contributed by atoms with Gasteiger partial charge in [0.25, 0.3) is 0 Å². The molecule has 1 aliphatic heterocycles. The van der Waals surface area contributed by atoms with Gasteiger partial charge in [0.05, 0.1) is 36.8 Å². The Kier molecular flexibility index (Phi) is 6.99. The van der Waals surface area contributed by atoms with E-state index in [1.54, 1.807) is 38.1 Å². The van der Waals surface area contributed by atoms with E-state index in [-0.39, 0.29) is 18.1 Å². The van der Waals surface area contributed by atoms with Crippen LogP contribution >= 0.6 is 23.1 Å². The van der Waals surface area contributed by atoms with Crippen molar-refractivity contribution in [3.05, 3.63) is 49.9 Å². The van der Waals surface area contributed by atoms with Crippen LogP contribution in [0.1, 0.15) is 40.6 Å². The van der Waals surface area contributed by atoms with E-state index in [0.29, 0.717) is 21.0 Å². The van der Waals surface area contributed by atoms with E-state index >= 15 is 0 Å². The molecule has 0 bridgehead atoms. The third-order valence-corrected chi connectivity index (χ3v) is 7.02. The SMILES string of the molecule is CCOC(=O)[C@H]1[C@@H](c2ccc(C(=O)OC)cc2)c2sc(=O)[nH]c2S[C@@H]1C(=O)OCC. The van der Waals surface area contributed by atoms with E-state index in [1.165, 1.54) is 7.11 Å². The summed E-state index contributed by atoms with van der Waals surface area (Å²) < 4.78 is 15.2. The smallest absolute Gasteiger partial charge is 0.337 e. The number of benzene rings is 1. The number of aromatic nitrogens is 1. The molecule has 1 aromatic carbocycles. The molecular formula is C20H21NO7S2. The first-order valence-corrected chi connectivity index (χ1v) is 11.0. The minimum Gasteiger partial charge on any atom is -0.466 e. The third-order valence-electron chi connectivity index (χ3n) is 4.62. The first kappa shape index (κ1) is 22.1. The summed E-state index contributed by atoms with van der Waals surface area (Å²) in [6.07, 6.45) is 0. The molecule has 1 aliphatic rings. The fraction of sp³-hybridized carbons (Fsp3) is 0.400. The Morgan fingerprint density at radius 1 is 1.03 bits per heavy atom. The number of rotatable bonds is 6. The summed E-state index contributed by atoms with van der Waals surface area (Å²) in [5.74, 6) is -3.08. The minimum absolute atomic E-state index is 0.153. The van der Waals surface area contributed by atoms with Crippen molar-refractivity contribution in [2.75, 3.05) is 20.3 Å². The molecule has 1 N–H and O–H groups in total. The molecule has 3 atom stereocenters. The first-order chi connectivity index (χ1) is 14.4. The fourth-order valence-electron chi connectivity index (χ4n) is 3.38. The second-order valence-corrected chi connectivity index (χ2v) is 8.53. The number of nitrogens with one attached hydrogen (secondary N) is 1. The monoisotopic (exact) mass is 451 g/mol. The Morgan fingerprint density at radius 2 is 1.67 bits per heavy atom. The van der Waals surface area contributed by atoms with Crippen LogP contribution in [0.4, 0.5) is 0 Å². The number of H-pyrrole nitrogens is 1. The lowest BCUT2D eigenvalue weighted by Gasteiger charge is -2.34. The van der Waals surface area contributed by atoms with Gasteiger partial charge in [0.15, 0.2) is 0 Å². The van der Waals surface area contributed by atoms with Gasteiger partial charge in [-0.05, 0) is 31.5 Å². The van der Waals surface area contributed by atoms with Crippen LogP contribution in [0, 0.1) is 5.92 Å².